The Morgan fingerprint density at radius 1 is 0.617 bits per heavy atom. The summed E-state index contributed by atoms with van der Waals surface area (Å²) in [4.78, 5) is 51.2. The first-order valence-corrected chi connectivity index (χ1v) is 16.8. The summed E-state index contributed by atoms with van der Waals surface area (Å²) in [5, 5.41) is 49.6. The maximum atomic E-state index is 13.0. The Labute approximate surface area is 276 Å². The van der Waals surface area contributed by atoms with Crippen LogP contribution in [0.5, 0.6) is 0 Å². The number of carbonyl (C=O) groups is 4. The Morgan fingerprint density at radius 3 is 1.51 bits per heavy atom. The number of rotatable bonds is 24. The Bertz CT molecular complexity index is 915. The van der Waals surface area contributed by atoms with Crippen molar-refractivity contribution >= 4 is 23.9 Å². The number of aliphatic hydroxyl groups is 5. The number of hydrogen-bond donors (Lipinski definition) is 5. The van der Waals surface area contributed by atoms with Gasteiger partial charge in [0.05, 0.1) is 13.2 Å². The van der Waals surface area contributed by atoms with Gasteiger partial charge in [-0.15, -0.1) is 0 Å². The molecule has 0 aromatic carbocycles. The van der Waals surface area contributed by atoms with E-state index in [1.165, 1.54) is 0 Å². The Hall–Kier alpha value is -2.40. The van der Waals surface area contributed by atoms with E-state index in [9.17, 15) is 39.6 Å². The molecule has 1 aliphatic rings. The average Bonchev–Trinajstić information content (AvgIpc) is 3.06. The van der Waals surface area contributed by atoms with Gasteiger partial charge in [0, 0.05) is 25.7 Å². The number of ether oxygens (including phenoxy) is 6. The third kappa shape index (κ3) is 15.6. The van der Waals surface area contributed by atoms with Crippen LogP contribution in [0.25, 0.3) is 0 Å². The minimum atomic E-state index is -1.98. The van der Waals surface area contributed by atoms with Gasteiger partial charge >= 0.3 is 23.9 Å². The first-order chi connectivity index (χ1) is 22.4. The van der Waals surface area contributed by atoms with Gasteiger partial charge < -0.3 is 54.0 Å². The van der Waals surface area contributed by atoms with E-state index in [-0.39, 0.29) is 25.7 Å². The highest BCUT2D eigenvalue weighted by atomic mass is 16.7. The second-order valence-corrected chi connectivity index (χ2v) is 11.6. The zero-order valence-corrected chi connectivity index (χ0v) is 28.1. The van der Waals surface area contributed by atoms with Crippen molar-refractivity contribution in [2.24, 2.45) is 0 Å². The quantitative estimate of drug-likeness (QED) is 0.0713. The summed E-state index contributed by atoms with van der Waals surface area (Å²) in [7, 11) is 0. The molecular formula is C32H56O15. The lowest BCUT2D eigenvalue weighted by Gasteiger charge is -2.44. The van der Waals surface area contributed by atoms with Gasteiger partial charge in [0.2, 0.25) is 0 Å². The highest BCUT2D eigenvalue weighted by Crippen LogP contribution is 2.31. The van der Waals surface area contributed by atoms with Crippen LogP contribution in [-0.4, -0.2) is 124 Å². The Balaban J connectivity index is 3.53. The van der Waals surface area contributed by atoms with Crippen LogP contribution in [0.15, 0.2) is 0 Å². The van der Waals surface area contributed by atoms with Crippen molar-refractivity contribution in [3.05, 3.63) is 0 Å². The van der Waals surface area contributed by atoms with Gasteiger partial charge in [0.15, 0.2) is 24.6 Å². The molecule has 1 rings (SSSR count). The zero-order chi connectivity index (χ0) is 35.4. The highest BCUT2D eigenvalue weighted by Gasteiger charge is 2.53. The molecule has 9 atom stereocenters. The molecule has 0 aliphatic carbocycles. The molecule has 0 radical (unpaired) electrons. The smallest absolute Gasteiger partial charge is 0.306 e. The predicted molar refractivity (Wildman–Crippen MR) is 164 cm³/mol. The lowest BCUT2D eigenvalue weighted by Crippen LogP contribution is -2.63. The third-order valence-electron chi connectivity index (χ3n) is 7.50. The Morgan fingerprint density at radius 2 is 1.04 bits per heavy atom. The number of carbonyl (C=O) groups excluding carboxylic acids is 4. The normalized spacial score (nSPS) is 23.6. The molecule has 1 saturated heterocycles. The molecule has 0 amide bonds. The minimum absolute atomic E-state index is 0.000960. The molecule has 1 fully saturated rings. The van der Waals surface area contributed by atoms with Crippen LogP contribution in [0.2, 0.25) is 0 Å². The SMILES string of the molecule is CCCCC(=O)OC[C@H]1O[C@@H](OC[C@@H](O)[C@@H](O)[C@H](O)[C@H](O)CO)[C@@H](OC(=O)CCCC)[C@@H](OC(=O)CCCC)[C@@H]1OC(=O)CCCC. The zero-order valence-electron chi connectivity index (χ0n) is 28.1. The molecule has 15 nitrogen and oxygen atoms in total. The molecular weight excluding hydrogens is 624 g/mol. The maximum Gasteiger partial charge on any atom is 0.306 e. The summed E-state index contributed by atoms with van der Waals surface area (Å²) < 4.78 is 34.4. The molecule has 1 aliphatic heterocycles. The van der Waals surface area contributed by atoms with Gasteiger partial charge in [0.1, 0.15) is 37.1 Å². The summed E-state index contributed by atoms with van der Waals surface area (Å²) in [6.45, 7) is 5.42. The average molecular weight is 681 g/mol. The largest absolute Gasteiger partial charge is 0.463 e. The van der Waals surface area contributed by atoms with Crippen molar-refractivity contribution < 1.29 is 73.1 Å². The maximum absolute atomic E-state index is 13.0. The molecule has 0 unspecified atom stereocenters. The second-order valence-electron chi connectivity index (χ2n) is 11.6. The number of aliphatic hydroxyl groups excluding tert-OH is 5. The van der Waals surface area contributed by atoms with Crippen molar-refractivity contribution in [2.75, 3.05) is 19.8 Å². The minimum Gasteiger partial charge on any atom is -0.463 e. The van der Waals surface area contributed by atoms with Crippen LogP contribution in [0.1, 0.15) is 105 Å². The number of esters is 4. The summed E-state index contributed by atoms with van der Waals surface area (Å²) in [6.07, 6.45) is -9.93. The van der Waals surface area contributed by atoms with Gasteiger partial charge in [-0.05, 0) is 25.7 Å². The van der Waals surface area contributed by atoms with Crippen LogP contribution in [0, 0.1) is 0 Å². The molecule has 0 spiro atoms. The predicted octanol–water partition coefficient (Wildman–Crippen LogP) is 1.20. The van der Waals surface area contributed by atoms with Gasteiger partial charge in [-0.3, -0.25) is 19.2 Å². The van der Waals surface area contributed by atoms with Gasteiger partial charge in [-0.1, -0.05) is 53.4 Å². The topological polar surface area (TPSA) is 225 Å². The first-order valence-electron chi connectivity index (χ1n) is 16.8. The van der Waals surface area contributed by atoms with Crippen LogP contribution < -0.4 is 0 Å². The fraction of sp³-hybridized carbons (Fsp3) is 0.875. The molecule has 0 aromatic heterocycles. The molecule has 5 N–H and O–H groups in total. The van der Waals surface area contributed by atoms with Crippen molar-refractivity contribution in [1.82, 2.24) is 0 Å². The molecule has 274 valence electrons. The molecule has 0 saturated carbocycles. The molecule has 0 aromatic rings. The third-order valence-corrected chi connectivity index (χ3v) is 7.50. The second kappa shape index (κ2) is 23.8. The summed E-state index contributed by atoms with van der Waals surface area (Å²) in [5.41, 5.74) is 0. The molecule has 1 heterocycles. The lowest BCUT2D eigenvalue weighted by molar-refractivity contribution is -0.313. The van der Waals surface area contributed by atoms with E-state index in [2.05, 4.69) is 0 Å². The van der Waals surface area contributed by atoms with Crippen molar-refractivity contribution in [3.8, 4) is 0 Å². The van der Waals surface area contributed by atoms with Crippen LogP contribution in [0.3, 0.4) is 0 Å². The number of unbranched alkanes of at least 4 members (excludes halogenated alkanes) is 4. The lowest BCUT2D eigenvalue weighted by atomic mass is 9.97. The van der Waals surface area contributed by atoms with E-state index in [1.807, 2.05) is 27.7 Å². The van der Waals surface area contributed by atoms with E-state index >= 15 is 0 Å². The van der Waals surface area contributed by atoms with E-state index in [4.69, 9.17) is 33.5 Å². The monoisotopic (exact) mass is 680 g/mol. The fourth-order valence-corrected chi connectivity index (χ4v) is 4.57. The molecule has 15 heteroatoms. The first kappa shape index (κ1) is 42.6. The van der Waals surface area contributed by atoms with Crippen molar-refractivity contribution in [1.29, 1.82) is 0 Å². The van der Waals surface area contributed by atoms with E-state index in [0.717, 1.165) is 6.42 Å². The van der Waals surface area contributed by atoms with Crippen LogP contribution in [0.4, 0.5) is 0 Å². The van der Waals surface area contributed by atoms with E-state index in [1.54, 1.807) is 0 Å². The Kier molecular flexibility index (Phi) is 21.6. The molecule has 47 heavy (non-hydrogen) atoms. The van der Waals surface area contributed by atoms with E-state index in [0.29, 0.717) is 44.9 Å². The number of hydrogen-bond acceptors (Lipinski definition) is 15. The van der Waals surface area contributed by atoms with E-state index < -0.39 is 98.8 Å². The van der Waals surface area contributed by atoms with Gasteiger partial charge in [0.25, 0.3) is 0 Å². The van der Waals surface area contributed by atoms with Crippen molar-refractivity contribution in [3.63, 3.8) is 0 Å². The summed E-state index contributed by atoms with van der Waals surface area (Å²) in [6, 6.07) is 0. The highest BCUT2D eigenvalue weighted by molar-refractivity contribution is 5.72. The fourth-order valence-electron chi connectivity index (χ4n) is 4.57. The summed E-state index contributed by atoms with van der Waals surface area (Å²) >= 11 is 0. The van der Waals surface area contributed by atoms with Gasteiger partial charge in [-0.25, -0.2) is 0 Å². The summed E-state index contributed by atoms with van der Waals surface area (Å²) in [5.74, 6) is -2.59. The van der Waals surface area contributed by atoms with Crippen LogP contribution in [-0.2, 0) is 47.6 Å². The van der Waals surface area contributed by atoms with Crippen LogP contribution >= 0.6 is 0 Å². The molecule has 0 bridgehead atoms. The van der Waals surface area contributed by atoms with Gasteiger partial charge in [-0.2, -0.15) is 0 Å². The van der Waals surface area contributed by atoms with Crippen molar-refractivity contribution in [2.45, 2.75) is 160 Å². The standard InChI is InChI=1S/C32H56O15/c1-5-9-13-23(36)42-19-22-29(45-24(37)14-10-6-2)30(46-25(38)15-11-7-3)31(47-26(39)16-12-8-4)32(44-22)43-18-21(35)28(41)27(40)20(34)17-33/h20-22,27-35,40-41H,5-19H2,1-4H3/t20-,21-,22-,27-,28-,29-,30+,31+,32-/m1/s1.